The molecule has 1 atom stereocenters. The first-order valence-electron chi connectivity index (χ1n) is 7.94. The number of carbonyl (C=O) groups is 2. The predicted octanol–water partition coefficient (Wildman–Crippen LogP) is 3.82. The average Bonchev–Trinajstić information content (AvgIpc) is 2.47. The van der Waals surface area contributed by atoms with Crippen molar-refractivity contribution in [3.8, 4) is 0 Å². The van der Waals surface area contributed by atoms with E-state index in [1.807, 2.05) is 29.2 Å². The number of nitrogens with zero attached hydrogens (tertiary/aromatic N) is 1. The number of Topliss-reactive ketones (excluding diaryl/α,β-unsaturated/α-hetero) is 1. The Balaban J connectivity index is 1.92. The van der Waals surface area contributed by atoms with Crippen LogP contribution in [0.1, 0.15) is 56.3 Å². The van der Waals surface area contributed by atoms with Gasteiger partial charge in [-0.3, -0.25) is 9.59 Å². The molecule has 3 nitrogen and oxygen atoms in total. The zero-order valence-electron chi connectivity index (χ0n) is 12.9. The second-order valence-corrected chi connectivity index (χ2v) is 6.97. The van der Waals surface area contributed by atoms with Crippen LogP contribution in [0.15, 0.2) is 24.3 Å². The van der Waals surface area contributed by atoms with Gasteiger partial charge in [0.1, 0.15) is 0 Å². The molecule has 1 aromatic carbocycles. The summed E-state index contributed by atoms with van der Waals surface area (Å²) in [7, 11) is 0. The molecule has 0 radical (unpaired) electrons. The van der Waals surface area contributed by atoms with Gasteiger partial charge in [-0.2, -0.15) is 0 Å². The lowest BCUT2D eigenvalue weighted by Gasteiger charge is -2.41. The first kappa shape index (κ1) is 14.3. The van der Waals surface area contributed by atoms with Crippen LogP contribution in [0.3, 0.4) is 0 Å². The van der Waals surface area contributed by atoms with Crippen molar-refractivity contribution in [2.24, 2.45) is 11.3 Å². The molecule has 1 saturated carbocycles. The smallest absolute Gasteiger partial charge is 0.230 e. The number of benzene rings is 1. The molecule has 0 aromatic heterocycles. The molecule has 0 saturated heterocycles. The Hall–Kier alpha value is -1.64. The van der Waals surface area contributed by atoms with E-state index in [2.05, 4.69) is 13.8 Å². The molecule has 1 fully saturated rings. The van der Waals surface area contributed by atoms with E-state index >= 15 is 0 Å². The molecular formula is C18H23NO2. The van der Waals surface area contributed by atoms with E-state index in [0.717, 1.165) is 24.9 Å². The normalized spacial score (nSPS) is 24.6. The number of ketones is 1. The van der Waals surface area contributed by atoms with Gasteiger partial charge >= 0.3 is 0 Å². The maximum atomic E-state index is 13.1. The number of rotatable bonds is 1. The van der Waals surface area contributed by atoms with Crippen LogP contribution in [0, 0.1) is 11.3 Å². The zero-order chi connectivity index (χ0) is 15.0. The highest BCUT2D eigenvalue weighted by Gasteiger charge is 2.40. The van der Waals surface area contributed by atoms with E-state index in [0.29, 0.717) is 18.5 Å². The molecule has 1 heterocycles. The van der Waals surface area contributed by atoms with Crippen molar-refractivity contribution in [3.05, 3.63) is 29.8 Å². The molecule has 3 rings (SSSR count). The van der Waals surface area contributed by atoms with Crippen LogP contribution in [0.5, 0.6) is 0 Å². The van der Waals surface area contributed by atoms with Gasteiger partial charge in [-0.05, 0) is 30.4 Å². The Morgan fingerprint density at radius 1 is 1.24 bits per heavy atom. The van der Waals surface area contributed by atoms with Crippen LogP contribution in [-0.2, 0) is 4.79 Å². The van der Waals surface area contributed by atoms with Gasteiger partial charge < -0.3 is 4.90 Å². The molecule has 3 heteroatoms. The van der Waals surface area contributed by atoms with Gasteiger partial charge in [-0.1, -0.05) is 38.8 Å². The highest BCUT2D eigenvalue weighted by atomic mass is 16.2. The zero-order valence-corrected chi connectivity index (χ0v) is 12.9. The van der Waals surface area contributed by atoms with Crippen LogP contribution in [0.2, 0.25) is 0 Å². The SMILES string of the molecule is CC1(C)CCCCC1C(=O)N1CCC(=O)c2ccccc21. The Morgan fingerprint density at radius 3 is 2.76 bits per heavy atom. The molecule has 0 bridgehead atoms. The molecular weight excluding hydrogens is 262 g/mol. The van der Waals surface area contributed by atoms with Crippen LogP contribution >= 0.6 is 0 Å². The minimum Gasteiger partial charge on any atom is -0.311 e. The molecule has 1 aliphatic carbocycles. The minimum atomic E-state index is 0.0612. The maximum Gasteiger partial charge on any atom is 0.230 e. The third-order valence-electron chi connectivity index (χ3n) is 5.13. The number of anilines is 1. The second kappa shape index (κ2) is 5.28. The number of amides is 1. The third kappa shape index (κ3) is 2.50. The number of para-hydroxylation sites is 1. The van der Waals surface area contributed by atoms with E-state index < -0.39 is 0 Å². The predicted molar refractivity (Wildman–Crippen MR) is 83.5 cm³/mol. The fourth-order valence-electron chi connectivity index (χ4n) is 3.78. The molecule has 1 aromatic rings. The Labute approximate surface area is 126 Å². The summed E-state index contributed by atoms with van der Waals surface area (Å²) >= 11 is 0. The van der Waals surface area contributed by atoms with Gasteiger partial charge in [-0.25, -0.2) is 0 Å². The van der Waals surface area contributed by atoms with Gasteiger partial charge in [0.15, 0.2) is 5.78 Å². The number of fused-ring (bicyclic) bond motifs is 1. The van der Waals surface area contributed by atoms with Gasteiger partial charge in [-0.15, -0.1) is 0 Å². The first-order chi connectivity index (χ1) is 10.0. The summed E-state index contributed by atoms with van der Waals surface area (Å²) in [6, 6.07) is 7.52. The summed E-state index contributed by atoms with van der Waals surface area (Å²) in [5.41, 5.74) is 1.57. The standard InChI is InChI=1S/C18H23NO2/c1-18(2)11-6-5-8-14(18)17(21)19-12-10-16(20)13-7-3-4-9-15(13)19/h3-4,7,9,14H,5-6,8,10-12H2,1-2H3. The number of carbonyl (C=O) groups excluding carboxylic acids is 2. The van der Waals surface area contributed by atoms with E-state index in [9.17, 15) is 9.59 Å². The highest BCUT2D eigenvalue weighted by Crippen LogP contribution is 2.42. The van der Waals surface area contributed by atoms with Gasteiger partial charge in [0.05, 0.1) is 5.69 Å². The van der Waals surface area contributed by atoms with E-state index in [1.54, 1.807) is 0 Å². The Bertz CT molecular complexity index is 576. The topological polar surface area (TPSA) is 37.4 Å². The molecule has 21 heavy (non-hydrogen) atoms. The van der Waals surface area contributed by atoms with Crippen LogP contribution < -0.4 is 4.90 Å². The molecule has 1 aliphatic heterocycles. The van der Waals surface area contributed by atoms with Crippen LogP contribution in [0.4, 0.5) is 5.69 Å². The molecule has 1 unspecified atom stereocenters. The fraction of sp³-hybridized carbons (Fsp3) is 0.556. The summed E-state index contributed by atoms with van der Waals surface area (Å²) in [6.45, 7) is 4.94. The molecule has 0 spiro atoms. The van der Waals surface area contributed by atoms with E-state index in [4.69, 9.17) is 0 Å². The van der Waals surface area contributed by atoms with Crippen molar-refractivity contribution < 1.29 is 9.59 Å². The van der Waals surface area contributed by atoms with E-state index in [1.165, 1.54) is 6.42 Å². The lowest BCUT2D eigenvalue weighted by molar-refractivity contribution is -0.127. The number of hydrogen-bond donors (Lipinski definition) is 0. The van der Waals surface area contributed by atoms with Crippen molar-refractivity contribution >= 4 is 17.4 Å². The van der Waals surface area contributed by atoms with Crippen molar-refractivity contribution in [1.29, 1.82) is 0 Å². The van der Waals surface area contributed by atoms with Crippen LogP contribution in [0.25, 0.3) is 0 Å². The largest absolute Gasteiger partial charge is 0.311 e. The van der Waals surface area contributed by atoms with Crippen LogP contribution in [-0.4, -0.2) is 18.2 Å². The van der Waals surface area contributed by atoms with Crippen molar-refractivity contribution in [1.82, 2.24) is 0 Å². The fourth-order valence-corrected chi connectivity index (χ4v) is 3.78. The average molecular weight is 285 g/mol. The molecule has 112 valence electrons. The quantitative estimate of drug-likeness (QED) is 0.786. The summed E-state index contributed by atoms with van der Waals surface area (Å²) in [5.74, 6) is 0.435. The van der Waals surface area contributed by atoms with Gasteiger partial charge in [0.25, 0.3) is 0 Å². The highest BCUT2D eigenvalue weighted by molar-refractivity contribution is 6.09. The molecule has 2 aliphatic rings. The van der Waals surface area contributed by atoms with Gasteiger partial charge in [0, 0.05) is 24.4 Å². The third-order valence-corrected chi connectivity index (χ3v) is 5.13. The minimum absolute atomic E-state index is 0.0612. The monoisotopic (exact) mass is 285 g/mol. The lowest BCUT2D eigenvalue weighted by Crippen LogP contribution is -2.46. The molecule has 1 amide bonds. The van der Waals surface area contributed by atoms with E-state index in [-0.39, 0.29) is 23.0 Å². The maximum absolute atomic E-state index is 13.1. The molecule has 0 N–H and O–H groups in total. The van der Waals surface area contributed by atoms with Gasteiger partial charge in [0.2, 0.25) is 5.91 Å². The number of hydrogen-bond acceptors (Lipinski definition) is 2. The first-order valence-corrected chi connectivity index (χ1v) is 7.94. The lowest BCUT2D eigenvalue weighted by atomic mass is 9.68. The van der Waals surface area contributed by atoms with Crippen molar-refractivity contribution in [2.75, 3.05) is 11.4 Å². The Morgan fingerprint density at radius 2 is 2.00 bits per heavy atom. The summed E-state index contributed by atoms with van der Waals surface area (Å²) in [6.07, 6.45) is 4.87. The summed E-state index contributed by atoms with van der Waals surface area (Å²) in [5, 5.41) is 0. The summed E-state index contributed by atoms with van der Waals surface area (Å²) < 4.78 is 0. The van der Waals surface area contributed by atoms with Crippen molar-refractivity contribution in [2.45, 2.75) is 46.0 Å². The van der Waals surface area contributed by atoms with Crippen molar-refractivity contribution in [3.63, 3.8) is 0 Å². The second-order valence-electron chi connectivity index (χ2n) is 6.97. The summed E-state index contributed by atoms with van der Waals surface area (Å²) in [4.78, 5) is 26.9. The Kier molecular flexibility index (Phi) is 3.60.